The molecule has 2 heterocycles. The third-order valence-electron chi connectivity index (χ3n) is 7.44. The summed E-state index contributed by atoms with van der Waals surface area (Å²) in [5.41, 5.74) is 4.68. The van der Waals surface area contributed by atoms with E-state index in [1.165, 1.54) is 30.5 Å². The van der Waals surface area contributed by atoms with Gasteiger partial charge in [0.15, 0.2) is 0 Å². The molecule has 2 aliphatic rings. The minimum absolute atomic E-state index is 0.00692. The van der Waals surface area contributed by atoms with Crippen molar-refractivity contribution < 1.29 is 9.59 Å². The molecule has 194 valence electrons. The molecule has 4 rings (SSSR count). The number of nitrogens with zero attached hydrogens (tertiary/aromatic N) is 3. The summed E-state index contributed by atoms with van der Waals surface area (Å²) in [7, 11) is 0. The number of rotatable bonds is 8. The molecule has 36 heavy (non-hydrogen) atoms. The van der Waals surface area contributed by atoms with Crippen molar-refractivity contribution in [1.29, 1.82) is 0 Å². The number of amides is 2. The Morgan fingerprint density at radius 1 is 0.833 bits per heavy atom. The minimum Gasteiger partial charge on any atom is -0.371 e. The van der Waals surface area contributed by atoms with Gasteiger partial charge in [0.1, 0.15) is 0 Å². The van der Waals surface area contributed by atoms with Crippen LogP contribution >= 0.6 is 0 Å². The van der Waals surface area contributed by atoms with E-state index in [0.29, 0.717) is 12.3 Å². The molecule has 0 aliphatic carbocycles. The summed E-state index contributed by atoms with van der Waals surface area (Å²) in [4.78, 5) is 31.5. The molecule has 2 fully saturated rings. The fourth-order valence-corrected chi connectivity index (χ4v) is 5.47. The van der Waals surface area contributed by atoms with Crippen molar-refractivity contribution in [2.75, 3.05) is 49.1 Å². The Morgan fingerprint density at radius 3 is 2.14 bits per heavy atom. The molecule has 2 aliphatic heterocycles. The standard InChI is InChI=1S/C30H42N4O2/c1-23(2)21-28(27-9-5-6-10-29(27)34-15-7-4-8-16-34)31-30(36)22-25-11-13-26(14-12-25)33-19-17-32(18-20-33)24(3)35/h5-6,9-14,23,28H,4,7-8,15-22H2,1-3H3,(H,31,36). The Morgan fingerprint density at radius 2 is 1.50 bits per heavy atom. The number of benzene rings is 2. The molecule has 0 spiro atoms. The lowest BCUT2D eigenvalue weighted by Crippen LogP contribution is -2.48. The zero-order chi connectivity index (χ0) is 25.5. The van der Waals surface area contributed by atoms with Gasteiger partial charge in [0.05, 0.1) is 12.5 Å². The number of hydrogen-bond donors (Lipinski definition) is 1. The van der Waals surface area contributed by atoms with E-state index in [9.17, 15) is 9.59 Å². The topological polar surface area (TPSA) is 55.9 Å². The predicted octanol–water partition coefficient (Wildman–Crippen LogP) is 4.79. The number of hydrogen-bond acceptors (Lipinski definition) is 4. The summed E-state index contributed by atoms with van der Waals surface area (Å²) in [5.74, 6) is 0.690. The Kier molecular flexibility index (Phi) is 8.89. The first-order valence-corrected chi connectivity index (χ1v) is 13.6. The second-order valence-electron chi connectivity index (χ2n) is 10.7. The summed E-state index contributed by atoms with van der Waals surface area (Å²) in [6.07, 6.45) is 5.06. The molecule has 0 bridgehead atoms. The first-order chi connectivity index (χ1) is 17.4. The van der Waals surface area contributed by atoms with Crippen molar-refractivity contribution in [3.8, 4) is 0 Å². The summed E-state index contributed by atoms with van der Waals surface area (Å²) < 4.78 is 0. The number of nitrogens with one attached hydrogen (secondary N) is 1. The number of piperidine rings is 1. The molecule has 0 aromatic heterocycles. The summed E-state index contributed by atoms with van der Waals surface area (Å²) in [6, 6.07) is 16.9. The normalized spacial score (nSPS) is 17.3. The molecule has 1 unspecified atom stereocenters. The Balaban J connectivity index is 1.40. The molecular weight excluding hydrogens is 448 g/mol. The van der Waals surface area contributed by atoms with Crippen molar-refractivity contribution >= 4 is 23.2 Å². The van der Waals surface area contributed by atoms with Crippen LogP contribution in [0.4, 0.5) is 11.4 Å². The van der Waals surface area contributed by atoms with Gasteiger partial charge in [0, 0.05) is 57.6 Å². The van der Waals surface area contributed by atoms with E-state index >= 15 is 0 Å². The lowest BCUT2D eigenvalue weighted by atomic mass is 9.94. The molecule has 0 radical (unpaired) electrons. The molecule has 2 aromatic carbocycles. The smallest absolute Gasteiger partial charge is 0.224 e. The van der Waals surface area contributed by atoms with Crippen LogP contribution in [0.15, 0.2) is 48.5 Å². The van der Waals surface area contributed by atoms with Gasteiger partial charge in [-0.15, -0.1) is 0 Å². The van der Waals surface area contributed by atoms with Crippen molar-refractivity contribution in [3.05, 3.63) is 59.7 Å². The van der Waals surface area contributed by atoms with Crippen LogP contribution in [0, 0.1) is 5.92 Å². The first-order valence-electron chi connectivity index (χ1n) is 13.6. The van der Waals surface area contributed by atoms with E-state index in [4.69, 9.17) is 0 Å². The fourth-order valence-electron chi connectivity index (χ4n) is 5.47. The molecule has 0 saturated carbocycles. The Bertz CT molecular complexity index is 1010. The average Bonchev–Trinajstić information content (AvgIpc) is 2.89. The van der Waals surface area contributed by atoms with Crippen molar-refractivity contribution in [2.45, 2.75) is 58.9 Å². The molecule has 2 saturated heterocycles. The molecule has 1 atom stereocenters. The zero-order valence-electron chi connectivity index (χ0n) is 22.2. The molecule has 6 nitrogen and oxygen atoms in total. The van der Waals surface area contributed by atoms with E-state index < -0.39 is 0 Å². The van der Waals surface area contributed by atoms with Crippen molar-refractivity contribution in [1.82, 2.24) is 10.2 Å². The maximum Gasteiger partial charge on any atom is 0.224 e. The van der Waals surface area contributed by atoms with Crippen LogP contribution in [0.5, 0.6) is 0 Å². The van der Waals surface area contributed by atoms with Gasteiger partial charge < -0.3 is 20.0 Å². The highest BCUT2D eigenvalue weighted by Crippen LogP contribution is 2.32. The Labute approximate surface area is 216 Å². The SMILES string of the molecule is CC(=O)N1CCN(c2ccc(CC(=O)NC(CC(C)C)c3ccccc3N3CCCCC3)cc2)CC1. The van der Waals surface area contributed by atoms with Gasteiger partial charge in [0.25, 0.3) is 0 Å². The second-order valence-corrected chi connectivity index (χ2v) is 10.7. The minimum atomic E-state index is 0.00692. The molecule has 2 aromatic rings. The van der Waals surface area contributed by atoms with Gasteiger partial charge >= 0.3 is 0 Å². The highest BCUT2D eigenvalue weighted by molar-refractivity contribution is 5.79. The molecule has 1 N–H and O–H groups in total. The maximum atomic E-state index is 13.2. The summed E-state index contributed by atoms with van der Waals surface area (Å²) >= 11 is 0. The van der Waals surface area contributed by atoms with E-state index in [1.54, 1.807) is 6.92 Å². The number of anilines is 2. The van der Waals surface area contributed by atoms with Crippen molar-refractivity contribution in [2.24, 2.45) is 5.92 Å². The molecule has 2 amide bonds. The van der Waals surface area contributed by atoms with Gasteiger partial charge in [-0.05, 0) is 60.9 Å². The predicted molar refractivity (Wildman–Crippen MR) is 147 cm³/mol. The Hall–Kier alpha value is -3.02. The van der Waals surface area contributed by atoms with E-state index in [1.807, 2.05) is 4.90 Å². The lowest BCUT2D eigenvalue weighted by molar-refractivity contribution is -0.129. The van der Waals surface area contributed by atoms with E-state index in [-0.39, 0.29) is 17.9 Å². The van der Waals surface area contributed by atoms with Crippen LogP contribution in [0.1, 0.15) is 63.6 Å². The van der Waals surface area contributed by atoms with Crippen LogP contribution in [0.2, 0.25) is 0 Å². The van der Waals surface area contributed by atoms with Gasteiger partial charge in [-0.25, -0.2) is 0 Å². The highest BCUT2D eigenvalue weighted by Gasteiger charge is 2.23. The average molecular weight is 491 g/mol. The third kappa shape index (κ3) is 6.80. The van der Waals surface area contributed by atoms with Crippen LogP contribution in [-0.4, -0.2) is 56.0 Å². The fraction of sp³-hybridized carbons (Fsp3) is 0.533. The highest BCUT2D eigenvalue weighted by atomic mass is 16.2. The van der Waals surface area contributed by atoms with Crippen LogP contribution < -0.4 is 15.1 Å². The maximum absolute atomic E-state index is 13.2. The quantitative estimate of drug-likeness (QED) is 0.578. The monoisotopic (exact) mass is 490 g/mol. The molecular formula is C30H42N4O2. The van der Waals surface area contributed by atoms with Gasteiger partial charge in [-0.1, -0.05) is 44.2 Å². The van der Waals surface area contributed by atoms with E-state index in [0.717, 1.165) is 56.9 Å². The summed E-state index contributed by atoms with van der Waals surface area (Å²) in [6.45, 7) is 11.5. The van der Waals surface area contributed by atoms with Crippen LogP contribution in [-0.2, 0) is 16.0 Å². The van der Waals surface area contributed by atoms with E-state index in [2.05, 4.69) is 77.5 Å². The van der Waals surface area contributed by atoms with Crippen molar-refractivity contribution in [3.63, 3.8) is 0 Å². The van der Waals surface area contributed by atoms with Crippen LogP contribution in [0.3, 0.4) is 0 Å². The van der Waals surface area contributed by atoms with Gasteiger partial charge in [-0.3, -0.25) is 9.59 Å². The number of para-hydroxylation sites is 1. The molecule has 6 heteroatoms. The second kappa shape index (κ2) is 12.3. The van der Waals surface area contributed by atoms with Crippen LogP contribution in [0.25, 0.3) is 0 Å². The number of carbonyl (C=O) groups excluding carboxylic acids is 2. The number of carbonyl (C=O) groups is 2. The lowest BCUT2D eigenvalue weighted by Gasteiger charge is -2.35. The van der Waals surface area contributed by atoms with Gasteiger partial charge in [-0.2, -0.15) is 0 Å². The largest absolute Gasteiger partial charge is 0.371 e. The zero-order valence-corrected chi connectivity index (χ0v) is 22.2. The third-order valence-corrected chi connectivity index (χ3v) is 7.44. The first kappa shape index (κ1) is 26.1. The summed E-state index contributed by atoms with van der Waals surface area (Å²) in [5, 5.41) is 3.37. The van der Waals surface area contributed by atoms with Gasteiger partial charge in [0.2, 0.25) is 11.8 Å². The number of piperazine rings is 1.